The van der Waals surface area contributed by atoms with Gasteiger partial charge in [-0.05, 0) is 47.4 Å². The van der Waals surface area contributed by atoms with E-state index in [4.69, 9.17) is 5.73 Å². The molecule has 0 saturated carbocycles. The Morgan fingerprint density at radius 1 is 1.41 bits per heavy atom. The summed E-state index contributed by atoms with van der Waals surface area (Å²) < 4.78 is 26.9. The number of halogens is 2. The van der Waals surface area contributed by atoms with Crippen LogP contribution in [0.2, 0.25) is 0 Å². The van der Waals surface area contributed by atoms with Crippen molar-refractivity contribution in [3.05, 3.63) is 28.2 Å². The van der Waals surface area contributed by atoms with Gasteiger partial charge in [-0.15, -0.1) is 12.4 Å². The van der Waals surface area contributed by atoms with Gasteiger partial charge in [0.15, 0.2) is 0 Å². The van der Waals surface area contributed by atoms with E-state index < -0.39 is 10.0 Å². The minimum absolute atomic E-state index is 0. The molecule has 17 heavy (non-hydrogen) atoms. The lowest BCUT2D eigenvalue weighted by atomic mass is 10.2. The van der Waals surface area contributed by atoms with Gasteiger partial charge in [-0.3, -0.25) is 0 Å². The van der Waals surface area contributed by atoms with Crippen molar-refractivity contribution in [3.8, 4) is 0 Å². The van der Waals surface area contributed by atoms with Crippen molar-refractivity contribution in [1.82, 2.24) is 4.72 Å². The molecule has 0 unspecified atom stereocenters. The fourth-order valence-corrected chi connectivity index (χ4v) is 3.34. The van der Waals surface area contributed by atoms with Crippen LogP contribution in [0.15, 0.2) is 27.6 Å². The highest BCUT2D eigenvalue weighted by molar-refractivity contribution is 9.10. The van der Waals surface area contributed by atoms with Crippen LogP contribution in [0.1, 0.15) is 12.0 Å². The lowest BCUT2D eigenvalue weighted by Gasteiger charge is -2.09. The molecule has 0 aliphatic rings. The van der Waals surface area contributed by atoms with E-state index in [1.807, 2.05) is 13.0 Å². The van der Waals surface area contributed by atoms with Gasteiger partial charge in [0.05, 0.1) is 4.90 Å². The Balaban J connectivity index is 0.00000256. The minimum Gasteiger partial charge on any atom is -0.330 e. The molecular formula is C10H16BrClN2O2S. The number of nitrogens with two attached hydrogens (primary N) is 1. The quantitative estimate of drug-likeness (QED) is 0.801. The summed E-state index contributed by atoms with van der Waals surface area (Å²) in [5.74, 6) is 0. The van der Waals surface area contributed by atoms with Gasteiger partial charge >= 0.3 is 0 Å². The molecule has 98 valence electrons. The maximum atomic E-state index is 11.9. The molecule has 0 saturated heterocycles. The van der Waals surface area contributed by atoms with Crippen molar-refractivity contribution in [2.45, 2.75) is 18.2 Å². The Hall–Kier alpha value is -0.140. The van der Waals surface area contributed by atoms with E-state index in [1.54, 1.807) is 12.1 Å². The molecule has 4 nitrogen and oxygen atoms in total. The smallest absolute Gasteiger partial charge is 0.241 e. The topological polar surface area (TPSA) is 72.2 Å². The number of hydrogen-bond donors (Lipinski definition) is 2. The number of rotatable bonds is 5. The molecule has 0 spiro atoms. The second kappa shape index (κ2) is 7.33. The number of sulfonamides is 1. The van der Waals surface area contributed by atoms with Crippen LogP contribution in [0, 0.1) is 6.92 Å². The van der Waals surface area contributed by atoms with Crippen molar-refractivity contribution in [2.75, 3.05) is 13.1 Å². The van der Waals surface area contributed by atoms with Crippen LogP contribution in [-0.2, 0) is 10.0 Å². The molecule has 7 heteroatoms. The first-order chi connectivity index (χ1) is 7.49. The highest BCUT2D eigenvalue weighted by Crippen LogP contribution is 2.24. The van der Waals surface area contributed by atoms with E-state index in [9.17, 15) is 8.42 Å². The molecule has 0 aliphatic heterocycles. The maximum Gasteiger partial charge on any atom is 0.241 e. The predicted octanol–water partition coefficient (Wildman–Crippen LogP) is 1.81. The number of hydrogen-bond acceptors (Lipinski definition) is 3. The molecule has 0 heterocycles. The molecule has 1 aromatic rings. The summed E-state index contributed by atoms with van der Waals surface area (Å²) >= 11 is 3.28. The second-order valence-electron chi connectivity index (χ2n) is 3.43. The Morgan fingerprint density at radius 2 is 2.06 bits per heavy atom. The average molecular weight is 344 g/mol. The molecule has 0 fully saturated rings. The first-order valence-corrected chi connectivity index (χ1v) is 7.21. The second-order valence-corrected chi connectivity index (χ2v) is 5.96. The molecule has 0 atom stereocenters. The zero-order valence-corrected chi connectivity index (χ0v) is 12.7. The normalized spacial score (nSPS) is 11.0. The number of nitrogens with one attached hydrogen (secondary N) is 1. The van der Waals surface area contributed by atoms with Gasteiger partial charge in [-0.2, -0.15) is 0 Å². The largest absolute Gasteiger partial charge is 0.330 e. The van der Waals surface area contributed by atoms with Crippen LogP contribution in [0.3, 0.4) is 0 Å². The summed E-state index contributed by atoms with van der Waals surface area (Å²) in [7, 11) is -3.44. The van der Waals surface area contributed by atoms with Gasteiger partial charge in [-0.1, -0.05) is 12.1 Å². The SMILES string of the molecule is Cc1cccc(S(=O)(=O)NCCCN)c1Br.Cl. The van der Waals surface area contributed by atoms with Crippen LogP contribution in [0.25, 0.3) is 0 Å². The van der Waals surface area contributed by atoms with Crippen LogP contribution in [0.5, 0.6) is 0 Å². The highest BCUT2D eigenvalue weighted by Gasteiger charge is 2.17. The molecule has 0 aromatic heterocycles. The summed E-state index contributed by atoms with van der Waals surface area (Å²) in [5, 5.41) is 0. The first-order valence-electron chi connectivity index (χ1n) is 4.94. The van der Waals surface area contributed by atoms with Gasteiger partial charge < -0.3 is 5.73 Å². The third kappa shape index (κ3) is 4.56. The molecule has 1 rings (SSSR count). The van der Waals surface area contributed by atoms with Crippen molar-refractivity contribution in [3.63, 3.8) is 0 Å². The van der Waals surface area contributed by atoms with Crippen LogP contribution in [0.4, 0.5) is 0 Å². The lowest BCUT2D eigenvalue weighted by molar-refractivity contribution is 0.579. The Labute approximate surface area is 117 Å². The maximum absolute atomic E-state index is 11.9. The number of benzene rings is 1. The highest BCUT2D eigenvalue weighted by atomic mass is 79.9. The molecule has 3 N–H and O–H groups in total. The fraction of sp³-hybridized carbons (Fsp3) is 0.400. The standard InChI is InChI=1S/C10H15BrN2O2S.ClH/c1-8-4-2-5-9(10(8)11)16(14,15)13-7-3-6-12;/h2,4-5,13H,3,6-7,12H2,1H3;1H. The Bertz CT molecular complexity index is 465. The van der Waals surface area contributed by atoms with E-state index >= 15 is 0 Å². The average Bonchev–Trinajstić information content (AvgIpc) is 2.22. The molecule has 0 bridgehead atoms. The monoisotopic (exact) mass is 342 g/mol. The van der Waals surface area contributed by atoms with E-state index in [-0.39, 0.29) is 17.3 Å². The minimum atomic E-state index is -3.44. The van der Waals surface area contributed by atoms with Crippen molar-refractivity contribution >= 4 is 38.4 Å². The van der Waals surface area contributed by atoms with Crippen LogP contribution in [-0.4, -0.2) is 21.5 Å². The van der Waals surface area contributed by atoms with Gasteiger partial charge in [0.2, 0.25) is 10.0 Å². The number of aryl methyl sites for hydroxylation is 1. The summed E-state index contributed by atoms with van der Waals surface area (Å²) in [6, 6.07) is 5.14. The molecule has 0 amide bonds. The molecule has 0 aliphatic carbocycles. The summed E-state index contributed by atoms with van der Waals surface area (Å²) in [6.45, 7) is 2.68. The van der Waals surface area contributed by atoms with Crippen molar-refractivity contribution in [2.24, 2.45) is 5.73 Å². The van der Waals surface area contributed by atoms with Gasteiger partial charge in [0, 0.05) is 11.0 Å². The molecule has 0 radical (unpaired) electrons. The molecular weight excluding hydrogens is 328 g/mol. The third-order valence-electron chi connectivity index (χ3n) is 2.12. The Kier molecular flexibility index (Phi) is 7.27. The summed E-state index contributed by atoms with van der Waals surface area (Å²) in [6.07, 6.45) is 0.628. The van der Waals surface area contributed by atoms with Gasteiger partial charge in [0.25, 0.3) is 0 Å². The lowest BCUT2D eigenvalue weighted by Crippen LogP contribution is -2.26. The summed E-state index contributed by atoms with van der Waals surface area (Å²) in [4.78, 5) is 0.268. The summed E-state index contributed by atoms with van der Waals surface area (Å²) in [5.41, 5.74) is 6.20. The van der Waals surface area contributed by atoms with Crippen molar-refractivity contribution < 1.29 is 8.42 Å². The zero-order valence-electron chi connectivity index (χ0n) is 9.44. The third-order valence-corrected chi connectivity index (χ3v) is 4.94. The predicted molar refractivity (Wildman–Crippen MR) is 75.0 cm³/mol. The zero-order chi connectivity index (χ0) is 12.2. The van der Waals surface area contributed by atoms with Crippen LogP contribution >= 0.6 is 28.3 Å². The fourth-order valence-electron chi connectivity index (χ4n) is 1.21. The van der Waals surface area contributed by atoms with Crippen molar-refractivity contribution in [1.29, 1.82) is 0 Å². The van der Waals surface area contributed by atoms with E-state index in [0.29, 0.717) is 24.0 Å². The molecule has 1 aromatic carbocycles. The van der Waals surface area contributed by atoms with Crippen LogP contribution < -0.4 is 10.5 Å². The first kappa shape index (κ1) is 16.9. The Morgan fingerprint density at radius 3 is 2.65 bits per heavy atom. The van der Waals surface area contributed by atoms with Gasteiger partial charge in [0.1, 0.15) is 0 Å². The van der Waals surface area contributed by atoms with E-state index in [1.165, 1.54) is 0 Å². The van der Waals surface area contributed by atoms with E-state index in [2.05, 4.69) is 20.7 Å². The van der Waals surface area contributed by atoms with Gasteiger partial charge in [-0.25, -0.2) is 13.1 Å². The van der Waals surface area contributed by atoms with E-state index in [0.717, 1.165) is 5.56 Å².